The predicted octanol–water partition coefficient (Wildman–Crippen LogP) is 3.96. The molecule has 3 rings (SSSR count). The normalized spacial score (nSPS) is 17.4. The molecule has 4 heteroatoms. The number of nitrogens with zero attached hydrogens (tertiary/aromatic N) is 1. The minimum absolute atomic E-state index is 0.0250. The molecule has 0 N–H and O–H groups in total. The molecular formula is C17H16ClNO2. The van der Waals surface area contributed by atoms with E-state index in [1.807, 2.05) is 49.4 Å². The van der Waals surface area contributed by atoms with Gasteiger partial charge in [0.2, 0.25) is 0 Å². The van der Waals surface area contributed by atoms with Crippen LogP contribution in [0.25, 0.3) is 0 Å². The molecule has 0 fully saturated rings. The summed E-state index contributed by atoms with van der Waals surface area (Å²) in [6.45, 7) is 4.30. The minimum atomic E-state index is -0.465. The second-order valence-electron chi connectivity index (χ2n) is 5.28. The van der Waals surface area contributed by atoms with Crippen molar-refractivity contribution >= 4 is 23.2 Å². The molecule has 108 valence electrons. The molecule has 1 aliphatic heterocycles. The van der Waals surface area contributed by atoms with Crippen LogP contribution in [0.3, 0.4) is 0 Å². The Hall–Kier alpha value is -2.00. The van der Waals surface area contributed by atoms with Gasteiger partial charge in [0.25, 0.3) is 5.91 Å². The average molecular weight is 302 g/mol. The summed E-state index contributed by atoms with van der Waals surface area (Å²) < 4.78 is 5.67. The van der Waals surface area contributed by atoms with Gasteiger partial charge in [0.15, 0.2) is 6.10 Å². The summed E-state index contributed by atoms with van der Waals surface area (Å²) in [6, 6.07) is 13.4. The quantitative estimate of drug-likeness (QED) is 0.840. The Bertz CT molecular complexity index is 682. The summed E-state index contributed by atoms with van der Waals surface area (Å²) in [5.41, 5.74) is 2.96. The zero-order valence-corrected chi connectivity index (χ0v) is 12.7. The zero-order chi connectivity index (χ0) is 15.0. The highest BCUT2D eigenvalue weighted by Gasteiger charge is 2.31. The topological polar surface area (TPSA) is 29.5 Å². The number of hydrogen-bond acceptors (Lipinski definition) is 2. The third kappa shape index (κ3) is 2.74. The molecule has 0 saturated heterocycles. The maximum atomic E-state index is 12.4. The van der Waals surface area contributed by atoms with E-state index in [-0.39, 0.29) is 5.91 Å². The molecule has 0 aliphatic carbocycles. The molecule has 2 aromatic rings. The van der Waals surface area contributed by atoms with Crippen LogP contribution in [-0.4, -0.2) is 12.0 Å². The largest absolute Gasteiger partial charge is 0.479 e. The lowest BCUT2D eigenvalue weighted by Gasteiger charge is -2.33. The summed E-state index contributed by atoms with van der Waals surface area (Å²) in [5.74, 6) is 0.727. The van der Waals surface area contributed by atoms with Crippen LogP contribution < -0.4 is 9.64 Å². The second kappa shape index (κ2) is 5.41. The van der Waals surface area contributed by atoms with Crippen molar-refractivity contribution in [1.29, 1.82) is 0 Å². The molecule has 0 spiro atoms. The Morgan fingerprint density at radius 3 is 2.62 bits per heavy atom. The molecule has 1 amide bonds. The molecule has 2 aromatic carbocycles. The first-order valence-electron chi connectivity index (χ1n) is 6.88. The van der Waals surface area contributed by atoms with Crippen LogP contribution in [0, 0.1) is 6.92 Å². The first kappa shape index (κ1) is 14.0. The fraction of sp³-hybridized carbons (Fsp3) is 0.235. The molecule has 0 bridgehead atoms. The van der Waals surface area contributed by atoms with Crippen molar-refractivity contribution in [2.45, 2.75) is 26.5 Å². The highest BCUT2D eigenvalue weighted by atomic mass is 35.5. The number of halogens is 1. The van der Waals surface area contributed by atoms with Crippen LogP contribution in [0.5, 0.6) is 5.75 Å². The van der Waals surface area contributed by atoms with Gasteiger partial charge in [-0.15, -0.1) is 0 Å². The molecule has 1 atom stereocenters. The molecule has 1 unspecified atom stereocenters. The van der Waals surface area contributed by atoms with E-state index < -0.39 is 6.10 Å². The third-order valence-electron chi connectivity index (χ3n) is 3.58. The third-order valence-corrected chi connectivity index (χ3v) is 3.83. The van der Waals surface area contributed by atoms with Gasteiger partial charge in [0, 0.05) is 5.02 Å². The van der Waals surface area contributed by atoms with E-state index in [1.165, 1.54) is 0 Å². The van der Waals surface area contributed by atoms with Gasteiger partial charge in [0.05, 0.1) is 12.2 Å². The molecular weight excluding hydrogens is 286 g/mol. The van der Waals surface area contributed by atoms with E-state index in [9.17, 15) is 4.79 Å². The van der Waals surface area contributed by atoms with Crippen molar-refractivity contribution in [1.82, 2.24) is 0 Å². The lowest BCUT2D eigenvalue weighted by molar-refractivity contribution is -0.125. The van der Waals surface area contributed by atoms with E-state index in [0.717, 1.165) is 22.6 Å². The molecule has 0 aromatic heterocycles. The highest BCUT2D eigenvalue weighted by Crippen LogP contribution is 2.35. The van der Waals surface area contributed by atoms with Gasteiger partial charge in [-0.3, -0.25) is 4.79 Å². The number of benzene rings is 2. The molecule has 1 heterocycles. The van der Waals surface area contributed by atoms with Crippen molar-refractivity contribution < 1.29 is 9.53 Å². The Morgan fingerprint density at radius 2 is 1.90 bits per heavy atom. The number of amides is 1. The van der Waals surface area contributed by atoms with E-state index >= 15 is 0 Å². The monoisotopic (exact) mass is 301 g/mol. The van der Waals surface area contributed by atoms with Crippen LogP contribution >= 0.6 is 11.6 Å². The van der Waals surface area contributed by atoms with Gasteiger partial charge in [-0.2, -0.15) is 0 Å². The SMILES string of the molecule is Cc1ccc2c(c1)N(Cc1ccc(Cl)cc1)C(=O)C(C)O2. The highest BCUT2D eigenvalue weighted by molar-refractivity contribution is 6.30. The average Bonchev–Trinajstić information content (AvgIpc) is 2.47. The minimum Gasteiger partial charge on any atom is -0.479 e. The maximum Gasteiger partial charge on any atom is 0.268 e. The van der Waals surface area contributed by atoms with Gasteiger partial charge in [-0.05, 0) is 49.2 Å². The number of carbonyl (C=O) groups is 1. The summed E-state index contributed by atoms with van der Waals surface area (Å²) in [4.78, 5) is 14.2. The van der Waals surface area contributed by atoms with E-state index in [4.69, 9.17) is 16.3 Å². The number of aryl methyl sites for hydroxylation is 1. The molecule has 0 radical (unpaired) electrons. The summed E-state index contributed by atoms with van der Waals surface area (Å²) in [6.07, 6.45) is -0.465. The summed E-state index contributed by atoms with van der Waals surface area (Å²) in [5, 5.41) is 0.691. The molecule has 0 saturated carbocycles. The lowest BCUT2D eigenvalue weighted by atomic mass is 10.1. The van der Waals surface area contributed by atoms with Crippen LogP contribution in [0.15, 0.2) is 42.5 Å². The number of fused-ring (bicyclic) bond motifs is 1. The van der Waals surface area contributed by atoms with E-state index in [1.54, 1.807) is 11.8 Å². The van der Waals surface area contributed by atoms with Crippen LogP contribution in [0.2, 0.25) is 5.02 Å². The fourth-order valence-corrected chi connectivity index (χ4v) is 2.58. The van der Waals surface area contributed by atoms with Gasteiger partial charge in [0.1, 0.15) is 5.75 Å². The predicted molar refractivity (Wildman–Crippen MR) is 83.9 cm³/mol. The molecule has 1 aliphatic rings. The second-order valence-corrected chi connectivity index (χ2v) is 5.72. The van der Waals surface area contributed by atoms with Crippen molar-refractivity contribution in [2.75, 3.05) is 4.90 Å². The maximum absolute atomic E-state index is 12.4. The Labute approximate surface area is 129 Å². The van der Waals surface area contributed by atoms with Crippen LogP contribution in [0.1, 0.15) is 18.1 Å². The number of carbonyl (C=O) groups excluding carboxylic acids is 1. The first-order chi connectivity index (χ1) is 10.0. The Kier molecular flexibility index (Phi) is 3.60. The Balaban J connectivity index is 1.98. The fourth-order valence-electron chi connectivity index (χ4n) is 2.45. The lowest BCUT2D eigenvalue weighted by Crippen LogP contribution is -2.44. The number of hydrogen-bond donors (Lipinski definition) is 0. The smallest absolute Gasteiger partial charge is 0.268 e. The standard InChI is InChI=1S/C17H16ClNO2/c1-11-3-8-16-15(9-11)19(17(20)12(2)21-16)10-13-4-6-14(18)7-5-13/h3-9,12H,10H2,1-2H3. The van der Waals surface area contributed by atoms with Crippen molar-refractivity contribution in [3.05, 3.63) is 58.6 Å². The number of anilines is 1. The van der Waals surface area contributed by atoms with Gasteiger partial charge < -0.3 is 9.64 Å². The van der Waals surface area contributed by atoms with Gasteiger partial charge >= 0.3 is 0 Å². The van der Waals surface area contributed by atoms with Gasteiger partial charge in [-0.25, -0.2) is 0 Å². The summed E-state index contributed by atoms with van der Waals surface area (Å²) in [7, 11) is 0. The molecule has 3 nitrogen and oxygen atoms in total. The van der Waals surface area contributed by atoms with Gasteiger partial charge in [-0.1, -0.05) is 29.8 Å². The number of rotatable bonds is 2. The van der Waals surface area contributed by atoms with E-state index in [0.29, 0.717) is 11.6 Å². The van der Waals surface area contributed by atoms with Crippen molar-refractivity contribution in [3.63, 3.8) is 0 Å². The summed E-state index contributed by atoms with van der Waals surface area (Å²) >= 11 is 5.91. The van der Waals surface area contributed by atoms with Crippen LogP contribution in [0.4, 0.5) is 5.69 Å². The van der Waals surface area contributed by atoms with E-state index in [2.05, 4.69) is 0 Å². The van der Waals surface area contributed by atoms with Crippen LogP contribution in [-0.2, 0) is 11.3 Å². The molecule has 21 heavy (non-hydrogen) atoms. The van der Waals surface area contributed by atoms with Crippen molar-refractivity contribution in [3.8, 4) is 5.75 Å². The Morgan fingerprint density at radius 1 is 1.19 bits per heavy atom. The van der Waals surface area contributed by atoms with Crippen molar-refractivity contribution in [2.24, 2.45) is 0 Å². The zero-order valence-electron chi connectivity index (χ0n) is 12.0. The number of ether oxygens (including phenoxy) is 1. The first-order valence-corrected chi connectivity index (χ1v) is 7.25.